The van der Waals surface area contributed by atoms with Crippen LogP contribution in [-0.4, -0.2) is 37.1 Å². The molecule has 5 rings (SSSR count). The number of ether oxygens (including phenoxy) is 2. The molecule has 5 heteroatoms. The number of para-hydroxylation sites is 1. The van der Waals surface area contributed by atoms with Crippen molar-refractivity contribution in [1.82, 2.24) is 4.90 Å². The molecular formula is C27H25NO4. The molecule has 0 N–H and O–H groups in total. The quantitative estimate of drug-likeness (QED) is 0.404. The van der Waals surface area contributed by atoms with E-state index in [0.29, 0.717) is 24.4 Å². The molecule has 0 unspecified atom stereocenters. The van der Waals surface area contributed by atoms with E-state index in [-0.39, 0.29) is 12.0 Å². The minimum Gasteiger partial charge on any atom is -0.497 e. The van der Waals surface area contributed by atoms with Gasteiger partial charge in [0.2, 0.25) is 0 Å². The van der Waals surface area contributed by atoms with E-state index in [2.05, 4.69) is 6.07 Å². The predicted molar refractivity (Wildman–Crippen MR) is 124 cm³/mol. The summed E-state index contributed by atoms with van der Waals surface area (Å²) in [7, 11) is 1.61. The van der Waals surface area contributed by atoms with E-state index in [0.717, 1.165) is 40.9 Å². The van der Waals surface area contributed by atoms with Crippen LogP contribution in [0.15, 0.2) is 83.3 Å². The van der Waals surface area contributed by atoms with Crippen molar-refractivity contribution in [2.24, 2.45) is 0 Å². The van der Waals surface area contributed by atoms with E-state index in [9.17, 15) is 4.79 Å². The average molecular weight is 428 g/mol. The van der Waals surface area contributed by atoms with Gasteiger partial charge in [-0.05, 0) is 54.6 Å². The van der Waals surface area contributed by atoms with E-state index < -0.39 is 0 Å². The second-order valence-electron chi connectivity index (χ2n) is 8.01. The van der Waals surface area contributed by atoms with Gasteiger partial charge < -0.3 is 18.8 Å². The van der Waals surface area contributed by atoms with E-state index in [1.165, 1.54) is 0 Å². The summed E-state index contributed by atoms with van der Waals surface area (Å²) in [6, 6.07) is 25.4. The standard InChI is InChI=1S/C27H25NO4/c1-30-24-7-4-6-21(17-24)27(29)28-15-13-23(14-16-28)31-22-11-9-19(10-12-22)26-18-20-5-2-3-8-25(20)32-26/h2-12,17-18,23H,13-16H2,1H3. The molecule has 32 heavy (non-hydrogen) atoms. The Labute approximate surface area is 187 Å². The van der Waals surface area contributed by atoms with Gasteiger partial charge in [0, 0.05) is 42.4 Å². The third kappa shape index (κ3) is 4.19. The monoisotopic (exact) mass is 427 g/mol. The Morgan fingerprint density at radius 1 is 0.906 bits per heavy atom. The molecule has 0 bridgehead atoms. The van der Waals surface area contributed by atoms with Crippen LogP contribution < -0.4 is 9.47 Å². The highest BCUT2D eigenvalue weighted by Crippen LogP contribution is 2.29. The maximum atomic E-state index is 12.8. The van der Waals surface area contributed by atoms with Crippen molar-refractivity contribution >= 4 is 16.9 Å². The lowest BCUT2D eigenvalue weighted by atomic mass is 10.1. The Hall–Kier alpha value is -3.73. The molecule has 1 saturated heterocycles. The lowest BCUT2D eigenvalue weighted by Crippen LogP contribution is -2.41. The number of rotatable bonds is 5. The van der Waals surface area contributed by atoms with Gasteiger partial charge in [0.1, 0.15) is 28.9 Å². The zero-order valence-electron chi connectivity index (χ0n) is 18.0. The fourth-order valence-electron chi connectivity index (χ4n) is 4.13. The topological polar surface area (TPSA) is 51.9 Å². The second kappa shape index (κ2) is 8.79. The Bertz CT molecular complexity index is 1190. The van der Waals surface area contributed by atoms with Crippen molar-refractivity contribution in [2.75, 3.05) is 20.2 Å². The Morgan fingerprint density at radius 2 is 1.69 bits per heavy atom. The molecule has 0 atom stereocenters. The van der Waals surface area contributed by atoms with Crippen LogP contribution in [0.2, 0.25) is 0 Å². The molecule has 0 aliphatic carbocycles. The van der Waals surface area contributed by atoms with E-state index in [1.54, 1.807) is 13.2 Å². The minimum absolute atomic E-state index is 0.0394. The van der Waals surface area contributed by atoms with Gasteiger partial charge in [0.05, 0.1) is 7.11 Å². The molecule has 1 fully saturated rings. The third-order valence-electron chi connectivity index (χ3n) is 5.91. The van der Waals surface area contributed by atoms with Crippen LogP contribution in [0.1, 0.15) is 23.2 Å². The summed E-state index contributed by atoms with van der Waals surface area (Å²) in [6.07, 6.45) is 1.71. The molecule has 162 valence electrons. The molecular weight excluding hydrogens is 402 g/mol. The van der Waals surface area contributed by atoms with E-state index in [1.807, 2.05) is 71.6 Å². The smallest absolute Gasteiger partial charge is 0.253 e. The van der Waals surface area contributed by atoms with Gasteiger partial charge in [-0.15, -0.1) is 0 Å². The molecule has 1 aliphatic heterocycles. The van der Waals surface area contributed by atoms with E-state index >= 15 is 0 Å². The van der Waals surface area contributed by atoms with E-state index in [4.69, 9.17) is 13.9 Å². The number of likely N-dealkylation sites (tertiary alicyclic amines) is 1. The number of amides is 1. The Kier molecular flexibility index (Phi) is 5.55. The number of hydrogen-bond acceptors (Lipinski definition) is 4. The molecule has 2 heterocycles. The van der Waals surface area contributed by atoms with Crippen molar-refractivity contribution < 1.29 is 18.7 Å². The number of methoxy groups -OCH3 is 1. The number of hydrogen-bond donors (Lipinski definition) is 0. The summed E-state index contributed by atoms with van der Waals surface area (Å²) in [6.45, 7) is 1.36. The first-order chi connectivity index (χ1) is 15.7. The summed E-state index contributed by atoms with van der Waals surface area (Å²) < 4.78 is 17.4. The summed E-state index contributed by atoms with van der Waals surface area (Å²) in [5, 5.41) is 1.10. The molecule has 5 nitrogen and oxygen atoms in total. The molecule has 0 saturated carbocycles. The highest BCUT2D eigenvalue weighted by molar-refractivity contribution is 5.94. The van der Waals surface area contributed by atoms with Crippen molar-refractivity contribution in [3.8, 4) is 22.8 Å². The molecule has 1 aliphatic rings. The highest BCUT2D eigenvalue weighted by Gasteiger charge is 2.25. The molecule has 4 aromatic rings. The van der Waals surface area contributed by atoms with Gasteiger partial charge in [-0.1, -0.05) is 24.3 Å². The molecule has 0 spiro atoms. The van der Waals surface area contributed by atoms with Crippen molar-refractivity contribution in [3.05, 3.63) is 84.4 Å². The van der Waals surface area contributed by atoms with Crippen LogP contribution in [-0.2, 0) is 0 Å². The number of furan rings is 1. The van der Waals surface area contributed by atoms with Gasteiger partial charge >= 0.3 is 0 Å². The zero-order chi connectivity index (χ0) is 21.9. The lowest BCUT2D eigenvalue weighted by Gasteiger charge is -2.32. The fraction of sp³-hybridized carbons (Fsp3) is 0.222. The summed E-state index contributed by atoms with van der Waals surface area (Å²) in [4.78, 5) is 14.7. The maximum absolute atomic E-state index is 12.8. The average Bonchev–Trinajstić information content (AvgIpc) is 3.29. The van der Waals surface area contributed by atoms with Gasteiger partial charge in [-0.3, -0.25) is 4.79 Å². The number of fused-ring (bicyclic) bond motifs is 1. The first kappa shape index (κ1) is 20.2. The Morgan fingerprint density at radius 3 is 2.44 bits per heavy atom. The number of carbonyl (C=O) groups is 1. The minimum atomic E-state index is 0.0394. The number of piperidine rings is 1. The summed E-state index contributed by atoms with van der Waals surface area (Å²) >= 11 is 0. The van der Waals surface area contributed by atoms with Gasteiger partial charge in [-0.2, -0.15) is 0 Å². The van der Waals surface area contributed by atoms with Crippen LogP contribution in [0.3, 0.4) is 0 Å². The van der Waals surface area contributed by atoms with Crippen molar-refractivity contribution in [1.29, 1.82) is 0 Å². The van der Waals surface area contributed by atoms with Crippen molar-refractivity contribution in [2.45, 2.75) is 18.9 Å². The SMILES string of the molecule is COc1cccc(C(=O)N2CCC(Oc3ccc(-c4cc5ccccc5o4)cc3)CC2)c1. The third-order valence-corrected chi connectivity index (χ3v) is 5.91. The van der Waals surface area contributed by atoms with Crippen LogP contribution in [0.4, 0.5) is 0 Å². The predicted octanol–water partition coefficient (Wildman–Crippen LogP) is 5.79. The molecule has 1 aromatic heterocycles. The van der Waals surface area contributed by atoms with Crippen molar-refractivity contribution in [3.63, 3.8) is 0 Å². The summed E-state index contributed by atoms with van der Waals surface area (Å²) in [5.41, 5.74) is 2.57. The second-order valence-corrected chi connectivity index (χ2v) is 8.01. The first-order valence-electron chi connectivity index (χ1n) is 10.9. The Balaban J connectivity index is 1.18. The molecule has 0 radical (unpaired) electrons. The molecule has 3 aromatic carbocycles. The normalized spacial score (nSPS) is 14.5. The lowest BCUT2D eigenvalue weighted by molar-refractivity contribution is 0.0595. The van der Waals surface area contributed by atoms with Crippen LogP contribution in [0.5, 0.6) is 11.5 Å². The summed E-state index contributed by atoms with van der Waals surface area (Å²) in [5.74, 6) is 2.42. The zero-order valence-corrected chi connectivity index (χ0v) is 18.0. The maximum Gasteiger partial charge on any atom is 0.253 e. The number of benzene rings is 3. The van der Waals surface area contributed by atoms with Gasteiger partial charge in [0.25, 0.3) is 5.91 Å². The largest absolute Gasteiger partial charge is 0.497 e. The van der Waals surface area contributed by atoms with Gasteiger partial charge in [-0.25, -0.2) is 0 Å². The van der Waals surface area contributed by atoms with Crippen LogP contribution in [0, 0.1) is 0 Å². The highest BCUT2D eigenvalue weighted by atomic mass is 16.5. The molecule has 1 amide bonds. The fourth-order valence-corrected chi connectivity index (χ4v) is 4.13. The number of nitrogens with zero attached hydrogens (tertiary/aromatic N) is 1. The van der Waals surface area contributed by atoms with Gasteiger partial charge in [0.15, 0.2) is 0 Å². The number of carbonyl (C=O) groups excluding carboxylic acids is 1. The van der Waals surface area contributed by atoms with Crippen LogP contribution in [0.25, 0.3) is 22.3 Å². The first-order valence-corrected chi connectivity index (χ1v) is 10.9. The van der Waals surface area contributed by atoms with Crippen LogP contribution >= 0.6 is 0 Å².